The van der Waals surface area contributed by atoms with E-state index in [9.17, 15) is 22.8 Å². The first-order chi connectivity index (χ1) is 17.1. The summed E-state index contributed by atoms with van der Waals surface area (Å²) in [6.07, 6.45) is -2.19. The number of amides is 1. The lowest BCUT2D eigenvalue weighted by Crippen LogP contribution is -2.41. The number of halogens is 3. The Morgan fingerprint density at radius 1 is 1.11 bits per heavy atom. The van der Waals surface area contributed by atoms with Gasteiger partial charge in [0, 0.05) is 37.1 Å². The van der Waals surface area contributed by atoms with Gasteiger partial charge in [-0.15, -0.1) is 10.2 Å². The number of benzene rings is 1. The smallest absolute Gasteiger partial charge is 0.337 e. The van der Waals surface area contributed by atoms with Crippen molar-refractivity contribution in [2.75, 3.05) is 13.1 Å². The van der Waals surface area contributed by atoms with E-state index in [1.54, 1.807) is 29.2 Å². The molecule has 1 saturated heterocycles. The van der Waals surface area contributed by atoms with Gasteiger partial charge in [-0.25, -0.2) is 4.68 Å². The number of alkyl halides is 3. The molecule has 188 valence electrons. The zero-order chi connectivity index (χ0) is 25.6. The molecule has 1 aliphatic rings. The summed E-state index contributed by atoms with van der Waals surface area (Å²) in [5, 5.41) is 13.5. The molecule has 0 spiro atoms. The number of hydrogen-bond acceptors (Lipinski definition) is 5. The molecule has 1 unspecified atom stereocenters. The molecule has 0 N–H and O–H groups in total. The first kappa shape index (κ1) is 24.0. The van der Waals surface area contributed by atoms with E-state index in [1.807, 2.05) is 13.8 Å². The molecule has 5 rings (SSSR count). The summed E-state index contributed by atoms with van der Waals surface area (Å²) in [4.78, 5) is 28.2. The van der Waals surface area contributed by atoms with E-state index in [4.69, 9.17) is 0 Å². The van der Waals surface area contributed by atoms with Gasteiger partial charge in [0.1, 0.15) is 5.82 Å². The minimum Gasteiger partial charge on any atom is -0.337 e. The highest BCUT2D eigenvalue weighted by Crippen LogP contribution is 2.32. The molecule has 3 aromatic heterocycles. The van der Waals surface area contributed by atoms with Crippen molar-refractivity contribution in [3.05, 3.63) is 70.0 Å². The van der Waals surface area contributed by atoms with Crippen LogP contribution in [0.5, 0.6) is 0 Å². The predicted octanol–water partition coefficient (Wildman–Crippen LogP) is 4.13. The maximum absolute atomic E-state index is 13.7. The van der Waals surface area contributed by atoms with Crippen LogP contribution in [0.3, 0.4) is 0 Å². The largest absolute Gasteiger partial charge is 0.417 e. The second kappa shape index (κ2) is 9.03. The molecule has 0 radical (unpaired) electrons. The monoisotopic (exact) mass is 498 g/mol. The van der Waals surface area contributed by atoms with Gasteiger partial charge in [0.25, 0.3) is 11.5 Å². The fourth-order valence-electron chi connectivity index (χ4n) is 4.74. The topological polar surface area (TPSA) is 85.4 Å². The van der Waals surface area contributed by atoms with Crippen LogP contribution >= 0.6 is 0 Å². The number of carbonyl (C=O) groups excluding carboxylic acids is 1. The van der Waals surface area contributed by atoms with Crippen molar-refractivity contribution in [2.24, 2.45) is 5.92 Å². The zero-order valence-corrected chi connectivity index (χ0v) is 19.9. The maximum atomic E-state index is 13.7. The molecule has 4 heterocycles. The van der Waals surface area contributed by atoms with E-state index in [1.165, 1.54) is 15.1 Å². The van der Waals surface area contributed by atoms with Crippen molar-refractivity contribution >= 4 is 22.3 Å². The lowest BCUT2D eigenvalue weighted by Gasteiger charge is -2.32. The van der Waals surface area contributed by atoms with Gasteiger partial charge in [-0.05, 0) is 37.0 Å². The summed E-state index contributed by atoms with van der Waals surface area (Å²) in [5.74, 6) is -0.0788. The van der Waals surface area contributed by atoms with Crippen LogP contribution < -0.4 is 5.56 Å². The van der Waals surface area contributed by atoms with Crippen LogP contribution in [0.15, 0.2) is 47.4 Å². The molecule has 1 amide bonds. The van der Waals surface area contributed by atoms with Gasteiger partial charge in [0.05, 0.1) is 10.9 Å². The number of piperidine rings is 1. The van der Waals surface area contributed by atoms with Gasteiger partial charge >= 0.3 is 6.18 Å². The molecular weight excluding hydrogens is 473 g/mol. The van der Waals surface area contributed by atoms with E-state index in [-0.39, 0.29) is 35.5 Å². The number of fused-ring (bicyclic) bond motifs is 2. The summed E-state index contributed by atoms with van der Waals surface area (Å²) in [6.45, 7) is 5.04. The lowest BCUT2D eigenvalue weighted by atomic mass is 9.96. The Kier molecular flexibility index (Phi) is 6.01. The molecule has 36 heavy (non-hydrogen) atoms. The number of carbonyl (C=O) groups is 1. The number of hydrogen-bond donors (Lipinski definition) is 0. The highest BCUT2D eigenvalue weighted by atomic mass is 19.4. The maximum Gasteiger partial charge on any atom is 0.417 e. The third-order valence-corrected chi connectivity index (χ3v) is 6.44. The molecule has 0 saturated carbocycles. The van der Waals surface area contributed by atoms with Crippen LogP contribution in [0.1, 0.15) is 54.5 Å². The standard InChI is InChI=1S/C25H25F3N6O2/c1-15(2)12-34-23(35)19-8-4-3-7-18(19)21(31-34)24(36)32-11-5-6-16(13-32)22-30-29-20-10-9-17(14-33(20)22)25(26,27)28/h3-4,7-10,14-16H,5-6,11-13H2,1-2H3. The Balaban J connectivity index is 1.50. The van der Waals surface area contributed by atoms with Crippen molar-refractivity contribution in [3.8, 4) is 0 Å². The SMILES string of the molecule is CC(C)Cn1nc(C(=O)N2CCCC(c3nnc4ccc(C(F)(F)F)cn34)C2)c2ccccc2c1=O. The normalized spacial score (nSPS) is 16.8. The van der Waals surface area contributed by atoms with E-state index in [2.05, 4.69) is 15.3 Å². The predicted molar refractivity (Wildman–Crippen MR) is 127 cm³/mol. The molecule has 1 aromatic carbocycles. The number of aromatic nitrogens is 5. The van der Waals surface area contributed by atoms with Crippen LogP contribution in [0.4, 0.5) is 13.2 Å². The van der Waals surface area contributed by atoms with Crippen molar-refractivity contribution in [3.63, 3.8) is 0 Å². The Labute approximate surface area is 204 Å². The van der Waals surface area contributed by atoms with Crippen molar-refractivity contribution in [1.29, 1.82) is 0 Å². The summed E-state index contributed by atoms with van der Waals surface area (Å²) in [5.41, 5.74) is -0.530. The second-order valence-corrected chi connectivity index (χ2v) is 9.57. The Morgan fingerprint density at radius 3 is 2.58 bits per heavy atom. The second-order valence-electron chi connectivity index (χ2n) is 9.57. The van der Waals surface area contributed by atoms with Gasteiger partial charge in [-0.1, -0.05) is 32.0 Å². The fraction of sp³-hybridized carbons (Fsp3) is 0.400. The molecule has 1 aliphatic heterocycles. The lowest BCUT2D eigenvalue weighted by molar-refractivity contribution is -0.137. The van der Waals surface area contributed by atoms with E-state index >= 15 is 0 Å². The van der Waals surface area contributed by atoms with E-state index < -0.39 is 11.7 Å². The quantitative estimate of drug-likeness (QED) is 0.422. The Bertz CT molecular complexity index is 1510. The van der Waals surface area contributed by atoms with Gasteiger partial charge in [0.2, 0.25) is 0 Å². The average molecular weight is 499 g/mol. The van der Waals surface area contributed by atoms with E-state index in [0.29, 0.717) is 48.2 Å². The zero-order valence-electron chi connectivity index (χ0n) is 19.9. The summed E-state index contributed by atoms with van der Waals surface area (Å²) in [6, 6.07) is 9.18. The minimum absolute atomic E-state index is 0.154. The summed E-state index contributed by atoms with van der Waals surface area (Å²) >= 11 is 0. The summed E-state index contributed by atoms with van der Waals surface area (Å²) < 4.78 is 42.5. The molecule has 4 aromatic rings. The van der Waals surface area contributed by atoms with Crippen molar-refractivity contribution in [2.45, 2.75) is 45.3 Å². The third kappa shape index (κ3) is 4.33. The molecule has 1 fully saturated rings. The Hall–Kier alpha value is -3.76. The van der Waals surface area contributed by atoms with Gasteiger partial charge < -0.3 is 4.90 Å². The van der Waals surface area contributed by atoms with Gasteiger partial charge in [-0.2, -0.15) is 18.3 Å². The highest BCUT2D eigenvalue weighted by Gasteiger charge is 2.33. The van der Waals surface area contributed by atoms with Gasteiger partial charge in [-0.3, -0.25) is 14.0 Å². The number of nitrogens with zero attached hydrogens (tertiary/aromatic N) is 6. The summed E-state index contributed by atoms with van der Waals surface area (Å²) in [7, 11) is 0. The van der Waals surface area contributed by atoms with Crippen LogP contribution in [0, 0.1) is 5.92 Å². The van der Waals surface area contributed by atoms with Gasteiger partial charge in [0.15, 0.2) is 11.3 Å². The van der Waals surface area contributed by atoms with Crippen LogP contribution in [-0.2, 0) is 12.7 Å². The average Bonchev–Trinajstić information content (AvgIpc) is 3.28. The first-order valence-corrected chi connectivity index (χ1v) is 11.8. The number of rotatable bonds is 4. The van der Waals surface area contributed by atoms with Crippen molar-refractivity contribution < 1.29 is 18.0 Å². The van der Waals surface area contributed by atoms with Crippen LogP contribution in [0.25, 0.3) is 16.4 Å². The molecular formula is C25H25F3N6O2. The van der Waals surface area contributed by atoms with Crippen LogP contribution in [-0.4, -0.2) is 48.3 Å². The molecule has 0 aliphatic carbocycles. The van der Waals surface area contributed by atoms with Crippen molar-refractivity contribution in [1.82, 2.24) is 29.3 Å². The van der Waals surface area contributed by atoms with E-state index in [0.717, 1.165) is 12.3 Å². The van der Waals surface area contributed by atoms with Crippen LogP contribution in [0.2, 0.25) is 0 Å². The first-order valence-electron chi connectivity index (χ1n) is 11.8. The fourth-order valence-corrected chi connectivity index (χ4v) is 4.74. The number of likely N-dealkylation sites (tertiary alicyclic amines) is 1. The number of pyridine rings is 1. The molecule has 0 bridgehead atoms. The molecule has 8 nitrogen and oxygen atoms in total. The minimum atomic E-state index is -4.49. The Morgan fingerprint density at radius 2 is 1.86 bits per heavy atom. The molecule has 11 heteroatoms. The highest BCUT2D eigenvalue weighted by molar-refractivity contribution is 6.04. The third-order valence-electron chi connectivity index (χ3n) is 6.44. The molecule has 1 atom stereocenters.